The summed E-state index contributed by atoms with van der Waals surface area (Å²) in [5.74, 6) is 2.78. The predicted octanol–water partition coefficient (Wildman–Crippen LogP) is 3.04. The summed E-state index contributed by atoms with van der Waals surface area (Å²) in [5.41, 5.74) is 6.45. The normalized spacial score (nSPS) is 10.3. The maximum Gasteiger partial charge on any atom is 0.144 e. The minimum atomic E-state index is 0.407. The highest BCUT2D eigenvalue weighted by atomic mass is 35.5. The molecule has 0 aliphatic rings. The lowest BCUT2D eigenvalue weighted by molar-refractivity contribution is 0.405. The van der Waals surface area contributed by atoms with Gasteiger partial charge in [-0.1, -0.05) is 18.5 Å². The molecule has 0 amide bonds. The highest BCUT2D eigenvalue weighted by molar-refractivity contribution is 6.32. The lowest BCUT2D eigenvalue weighted by Crippen LogP contribution is -2.04. The van der Waals surface area contributed by atoms with Gasteiger partial charge in [0, 0.05) is 24.6 Å². The Morgan fingerprint density at radius 3 is 2.48 bits per heavy atom. The molecule has 0 unspecified atom stereocenters. The second kappa shape index (κ2) is 6.49. The minimum absolute atomic E-state index is 0.407. The number of benzene rings is 1. The second-order valence-corrected chi connectivity index (χ2v) is 4.67. The average molecular weight is 309 g/mol. The van der Waals surface area contributed by atoms with E-state index in [0.717, 1.165) is 0 Å². The summed E-state index contributed by atoms with van der Waals surface area (Å²) in [6.07, 6.45) is 0.695. The van der Waals surface area contributed by atoms with Crippen LogP contribution in [-0.2, 0) is 6.42 Å². The molecule has 21 heavy (non-hydrogen) atoms. The van der Waals surface area contributed by atoms with Gasteiger partial charge in [-0.3, -0.25) is 0 Å². The van der Waals surface area contributed by atoms with Crippen molar-refractivity contribution in [3.05, 3.63) is 29.0 Å². The van der Waals surface area contributed by atoms with E-state index in [4.69, 9.17) is 26.8 Å². The van der Waals surface area contributed by atoms with E-state index >= 15 is 0 Å². The number of anilines is 3. The maximum atomic E-state index is 6.08. The molecule has 1 heterocycles. The Hall–Kier alpha value is -2.21. The van der Waals surface area contributed by atoms with Crippen molar-refractivity contribution in [2.45, 2.75) is 13.3 Å². The maximum absolute atomic E-state index is 6.08. The average Bonchev–Trinajstić information content (AvgIpc) is 2.47. The van der Waals surface area contributed by atoms with Gasteiger partial charge >= 0.3 is 0 Å². The SMILES string of the molecule is CCc1nc(N)cc(Nc2cc(OC)c(Cl)cc2OC)n1. The minimum Gasteiger partial charge on any atom is -0.495 e. The molecule has 0 aliphatic carbocycles. The van der Waals surface area contributed by atoms with Gasteiger partial charge in [0.15, 0.2) is 0 Å². The third-order valence-corrected chi connectivity index (χ3v) is 3.14. The van der Waals surface area contributed by atoms with Gasteiger partial charge < -0.3 is 20.5 Å². The number of rotatable bonds is 5. The van der Waals surface area contributed by atoms with E-state index in [-0.39, 0.29) is 0 Å². The van der Waals surface area contributed by atoms with Gasteiger partial charge in [-0.15, -0.1) is 0 Å². The second-order valence-electron chi connectivity index (χ2n) is 4.26. The summed E-state index contributed by atoms with van der Waals surface area (Å²) >= 11 is 6.08. The Morgan fingerprint density at radius 1 is 1.14 bits per heavy atom. The molecule has 0 radical (unpaired) electrons. The molecular formula is C14H17ClN4O2. The molecule has 1 aromatic carbocycles. The number of halogens is 1. The van der Waals surface area contributed by atoms with Gasteiger partial charge in [0.1, 0.15) is 29.0 Å². The first kappa shape index (κ1) is 15.2. The Morgan fingerprint density at radius 2 is 1.86 bits per heavy atom. The van der Waals surface area contributed by atoms with Crippen LogP contribution in [0.2, 0.25) is 5.02 Å². The Balaban J connectivity index is 2.40. The zero-order chi connectivity index (χ0) is 15.4. The first-order chi connectivity index (χ1) is 10.1. The van der Waals surface area contributed by atoms with Crippen LogP contribution in [-0.4, -0.2) is 24.2 Å². The molecule has 3 N–H and O–H groups in total. The molecular weight excluding hydrogens is 292 g/mol. The molecule has 1 aromatic heterocycles. The summed E-state index contributed by atoms with van der Waals surface area (Å²) in [4.78, 5) is 8.50. The van der Waals surface area contributed by atoms with Crippen LogP contribution in [0.4, 0.5) is 17.3 Å². The number of hydrogen-bond acceptors (Lipinski definition) is 6. The van der Waals surface area contributed by atoms with Crippen LogP contribution in [0.1, 0.15) is 12.7 Å². The fourth-order valence-electron chi connectivity index (χ4n) is 1.84. The van der Waals surface area contributed by atoms with E-state index in [1.54, 1.807) is 32.4 Å². The number of nitrogens with two attached hydrogens (primary N) is 1. The molecule has 2 aromatic rings. The van der Waals surface area contributed by atoms with Gasteiger partial charge in [-0.05, 0) is 0 Å². The van der Waals surface area contributed by atoms with Crippen molar-refractivity contribution in [2.24, 2.45) is 0 Å². The quantitative estimate of drug-likeness (QED) is 0.883. The highest BCUT2D eigenvalue weighted by Gasteiger charge is 2.11. The fourth-order valence-corrected chi connectivity index (χ4v) is 2.07. The summed E-state index contributed by atoms with van der Waals surface area (Å²) in [6.45, 7) is 1.96. The monoisotopic (exact) mass is 308 g/mol. The Bertz CT molecular complexity index is 649. The van der Waals surface area contributed by atoms with E-state index in [9.17, 15) is 0 Å². The molecule has 0 saturated carbocycles. The molecule has 112 valence electrons. The number of nitrogens with zero attached hydrogens (tertiary/aromatic N) is 2. The number of nitrogen functional groups attached to an aromatic ring is 1. The van der Waals surface area contributed by atoms with E-state index in [2.05, 4.69) is 15.3 Å². The smallest absolute Gasteiger partial charge is 0.144 e. The third-order valence-electron chi connectivity index (χ3n) is 2.85. The zero-order valence-corrected chi connectivity index (χ0v) is 12.9. The lowest BCUT2D eigenvalue weighted by Gasteiger charge is -2.14. The van der Waals surface area contributed by atoms with Crippen molar-refractivity contribution in [2.75, 3.05) is 25.3 Å². The molecule has 0 bridgehead atoms. The van der Waals surface area contributed by atoms with Gasteiger partial charge in [0.2, 0.25) is 0 Å². The summed E-state index contributed by atoms with van der Waals surface area (Å²) in [6, 6.07) is 5.07. The number of hydrogen-bond donors (Lipinski definition) is 2. The first-order valence-corrected chi connectivity index (χ1v) is 6.77. The highest BCUT2D eigenvalue weighted by Crippen LogP contribution is 2.37. The zero-order valence-electron chi connectivity index (χ0n) is 12.1. The van der Waals surface area contributed by atoms with Crippen molar-refractivity contribution in [1.29, 1.82) is 0 Å². The van der Waals surface area contributed by atoms with Gasteiger partial charge in [-0.2, -0.15) is 0 Å². The number of ether oxygens (including phenoxy) is 2. The summed E-state index contributed by atoms with van der Waals surface area (Å²) in [7, 11) is 3.12. The van der Waals surface area contributed by atoms with Crippen LogP contribution < -0.4 is 20.5 Å². The van der Waals surface area contributed by atoms with Crippen molar-refractivity contribution in [3.8, 4) is 11.5 Å². The van der Waals surface area contributed by atoms with E-state index < -0.39 is 0 Å². The number of methoxy groups -OCH3 is 2. The summed E-state index contributed by atoms with van der Waals surface area (Å²) < 4.78 is 10.5. The summed E-state index contributed by atoms with van der Waals surface area (Å²) in [5, 5.41) is 3.62. The Labute approximate surface area is 128 Å². The van der Waals surface area contributed by atoms with Crippen LogP contribution >= 0.6 is 11.6 Å². The molecule has 0 spiro atoms. The molecule has 7 heteroatoms. The van der Waals surface area contributed by atoms with E-state index in [1.807, 2.05) is 6.92 Å². The van der Waals surface area contributed by atoms with Crippen molar-refractivity contribution in [3.63, 3.8) is 0 Å². The van der Waals surface area contributed by atoms with Crippen LogP contribution in [0.5, 0.6) is 11.5 Å². The van der Waals surface area contributed by atoms with Crippen LogP contribution in [0.3, 0.4) is 0 Å². The van der Waals surface area contributed by atoms with Crippen molar-refractivity contribution in [1.82, 2.24) is 9.97 Å². The van der Waals surface area contributed by atoms with E-state index in [0.29, 0.717) is 46.1 Å². The lowest BCUT2D eigenvalue weighted by atomic mass is 10.2. The molecule has 2 rings (SSSR count). The third kappa shape index (κ3) is 3.46. The Kier molecular flexibility index (Phi) is 4.70. The van der Waals surface area contributed by atoms with Gasteiger partial charge in [0.05, 0.1) is 24.9 Å². The number of nitrogens with one attached hydrogen (secondary N) is 1. The predicted molar refractivity (Wildman–Crippen MR) is 83.7 cm³/mol. The number of aryl methyl sites for hydroxylation is 1. The molecule has 0 saturated heterocycles. The van der Waals surface area contributed by atoms with E-state index in [1.165, 1.54) is 0 Å². The largest absolute Gasteiger partial charge is 0.495 e. The van der Waals surface area contributed by atoms with Gasteiger partial charge in [-0.25, -0.2) is 9.97 Å². The molecule has 0 fully saturated rings. The molecule has 6 nitrogen and oxygen atoms in total. The van der Waals surface area contributed by atoms with Gasteiger partial charge in [0.25, 0.3) is 0 Å². The first-order valence-electron chi connectivity index (χ1n) is 6.39. The topological polar surface area (TPSA) is 82.3 Å². The van der Waals surface area contributed by atoms with Crippen LogP contribution in [0.15, 0.2) is 18.2 Å². The molecule has 0 aliphatic heterocycles. The molecule has 0 atom stereocenters. The number of aromatic nitrogens is 2. The fraction of sp³-hybridized carbons (Fsp3) is 0.286. The van der Waals surface area contributed by atoms with Crippen LogP contribution in [0, 0.1) is 0 Å². The standard InChI is InChI=1S/C14H17ClN4O2/c1-4-13-18-12(16)7-14(19-13)17-9-6-10(20-2)8(15)5-11(9)21-3/h5-7H,4H2,1-3H3,(H3,16,17,18,19). The van der Waals surface area contributed by atoms with Crippen LogP contribution in [0.25, 0.3) is 0 Å². The van der Waals surface area contributed by atoms with Crippen molar-refractivity contribution >= 4 is 28.9 Å². The van der Waals surface area contributed by atoms with Crippen molar-refractivity contribution < 1.29 is 9.47 Å².